The lowest BCUT2D eigenvalue weighted by atomic mass is 10.0. The van der Waals surface area contributed by atoms with Crippen molar-refractivity contribution in [3.63, 3.8) is 0 Å². The highest BCUT2D eigenvalue weighted by molar-refractivity contribution is 5.98. The minimum absolute atomic E-state index is 0.102. The number of nitrogens with one attached hydrogen (secondary N) is 1. The van der Waals surface area contributed by atoms with Crippen LogP contribution in [0.15, 0.2) is 24.7 Å². The molecule has 70 valence electrons. The predicted molar refractivity (Wildman–Crippen MR) is 50.1 cm³/mol. The van der Waals surface area contributed by atoms with Crippen LogP contribution in [-0.4, -0.2) is 21.8 Å². The maximum absolute atomic E-state index is 11.3. The van der Waals surface area contributed by atoms with Crippen LogP contribution in [0, 0.1) is 0 Å². The lowest BCUT2D eigenvalue weighted by molar-refractivity contribution is -0.116. The van der Waals surface area contributed by atoms with Gasteiger partial charge in [0.05, 0.1) is 12.4 Å². The number of aromatic amines is 1. The Kier molecular flexibility index (Phi) is 2.97. The smallest absolute Gasteiger partial charge is 0.175 e. The molecule has 4 nitrogen and oxygen atoms in total. The summed E-state index contributed by atoms with van der Waals surface area (Å²) in [7, 11) is 0. The summed E-state index contributed by atoms with van der Waals surface area (Å²) in [6.45, 7) is 5.21. The molecule has 0 radical (unpaired) electrons. The van der Waals surface area contributed by atoms with Crippen LogP contribution in [0.5, 0.6) is 0 Å². The van der Waals surface area contributed by atoms with Crippen LogP contribution in [-0.2, 0) is 11.2 Å². The van der Waals surface area contributed by atoms with E-state index < -0.39 is 6.04 Å². The lowest BCUT2D eigenvalue weighted by Crippen LogP contribution is -2.33. The number of carbonyl (C=O) groups is 1. The maximum Gasteiger partial charge on any atom is 0.175 e. The lowest BCUT2D eigenvalue weighted by Gasteiger charge is -2.07. The van der Waals surface area contributed by atoms with Gasteiger partial charge in [0.25, 0.3) is 0 Å². The van der Waals surface area contributed by atoms with Crippen LogP contribution in [0.4, 0.5) is 0 Å². The van der Waals surface area contributed by atoms with Crippen molar-refractivity contribution in [2.45, 2.75) is 19.4 Å². The maximum atomic E-state index is 11.3. The van der Waals surface area contributed by atoms with Gasteiger partial charge in [-0.05, 0) is 12.5 Å². The quantitative estimate of drug-likeness (QED) is 0.658. The van der Waals surface area contributed by atoms with E-state index in [-0.39, 0.29) is 5.78 Å². The van der Waals surface area contributed by atoms with Gasteiger partial charge >= 0.3 is 0 Å². The normalized spacial score (nSPS) is 12.5. The van der Waals surface area contributed by atoms with E-state index in [1.165, 1.54) is 0 Å². The largest absolute Gasteiger partial charge is 0.348 e. The van der Waals surface area contributed by atoms with E-state index >= 15 is 0 Å². The van der Waals surface area contributed by atoms with Gasteiger partial charge in [-0.2, -0.15) is 0 Å². The van der Waals surface area contributed by atoms with Crippen molar-refractivity contribution in [2.24, 2.45) is 5.73 Å². The molecule has 0 fully saturated rings. The summed E-state index contributed by atoms with van der Waals surface area (Å²) in [5.74, 6) is -0.102. The van der Waals surface area contributed by atoms with Crippen LogP contribution in [0.3, 0.4) is 0 Å². The molecule has 0 saturated heterocycles. The van der Waals surface area contributed by atoms with Crippen molar-refractivity contribution in [3.05, 3.63) is 30.4 Å². The van der Waals surface area contributed by atoms with Gasteiger partial charge in [0.1, 0.15) is 0 Å². The third-order valence-corrected chi connectivity index (χ3v) is 1.75. The van der Waals surface area contributed by atoms with Crippen molar-refractivity contribution in [2.75, 3.05) is 0 Å². The van der Waals surface area contributed by atoms with Crippen LogP contribution < -0.4 is 5.73 Å². The molecule has 1 unspecified atom stereocenters. The number of Topliss-reactive ketones (excluding diaryl/α,β-unsaturated/α-hetero) is 1. The molecule has 0 aromatic carbocycles. The second-order valence-corrected chi connectivity index (χ2v) is 3.03. The van der Waals surface area contributed by atoms with E-state index in [4.69, 9.17) is 5.73 Å². The topological polar surface area (TPSA) is 71.8 Å². The Balaban J connectivity index is 2.55. The zero-order valence-corrected chi connectivity index (χ0v) is 7.58. The van der Waals surface area contributed by atoms with Gasteiger partial charge in [0.15, 0.2) is 5.78 Å². The minimum atomic E-state index is -0.516. The number of hydrogen-bond donors (Lipinski definition) is 2. The zero-order valence-electron chi connectivity index (χ0n) is 7.58. The summed E-state index contributed by atoms with van der Waals surface area (Å²) >= 11 is 0. The number of rotatable bonds is 4. The predicted octanol–water partition coefficient (Wildman–Crippen LogP) is 0.425. The van der Waals surface area contributed by atoms with Gasteiger partial charge in [-0.3, -0.25) is 4.79 Å². The number of aromatic nitrogens is 2. The first-order chi connectivity index (χ1) is 6.11. The van der Waals surface area contributed by atoms with Gasteiger partial charge in [-0.15, -0.1) is 0 Å². The van der Waals surface area contributed by atoms with E-state index in [0.717, 1.165) is 5.69 Å². The Morgan fingerprint density at radius 3 is 3.00 bits per heavy atom. The molecule has 0 bridgehead atoms. The molecule has 0 aliphatic carbocycles. The first-order valence-corrected chi connectivity index (χ1v) is 4.04. The molecule has 3 N–H and O–H groups in total. The Labute approximate surface area is 76.9 Å². The zero-order chi connectivity index (χ0) is 9.84. The monoisotopic (exact) mass is 179 g/mol. The number of nitrogens with zero attached hydrogens (tertiary/aromatic N) is 1. The van der Waals surface area contributed by atoms with E-state index in [0.29, 0.717) is 12.0 Å². The second-order valence-electron chi connectivity index (χ2n) is 3.03. The second kappa shape index (κ2) is 4.00. The number of hydrogen-bond acceptors (Lipinski definition) is 3. The molecule has 0 aliphatic rings. The number of imidazole rings is 1. The number of ketones is 1. The molecule has 1 heterocycles. The third-order valence-electron chi connectivity index (χ3n) is 1.75. The van der Waals surface area contributed by atoms with E-state index in [1.807, 2.05) is 0 Å². The molecule has 0 spiro atoms. The minimum Gasteiger partial charge on any atom is -0.348 e. The fourth-order valence-electron chi connectivity index (χ4n) is 1.04. The SMILES string of the molecule is C=C(C)C(=O)C(N)Cc1cnc[nH]1. The molecular weight excluding hydrogens is 166 g/mol. The fraction of sp³-hybridized carbons (Fsp3) is 0.333. The van der Waals surface area contributed by atoms with Gasteiger partial charge in [-0.25, -0.2) is 4.98 Å². The highest BCUT2D eigenvalue weighted by atomic mass is 16.1. The molecule has 0 aliphatic heterocycles. The Morgan fingerprint density at radius 1 is 1.85 bits per heavy atom. The molecule has 1 aromatic heterocycles. The number of nitrogens with two attached hydrogens (primary N) is 1. The molecule has 13 heavy (non-hydrogen) atoms. The highest BCUT2D eigenvalue weighted by Crippen LogP contribution is 2.01. The van der Waals surface area contributed by atoms with Gasteiger partial charge < -0.3 is 10.7 Å². The Hall–Kier alpha value is -1.42. The van der Waals surface area contributed by atoms with Crippen molar-refractivity contribution in [3.8, 4) is 0 Å². The Morgan fingerprint density at radius 2 is 2.54 bits per heavy atom. The molecule has 1 atom stereocenters. The summed E-state index contributed by atoms with van der Waals surface area (Å²) in [6.07, 6.45) is 3.70. The molecule has 1 rings (SSSR count). The van der Waals surface area contributed by atoms with Crippen LogP contribution in [0.25, 0.3) is 0 Å². The average Bonchev–Trinajstić information content (AvgIpc) is 2.55. The summed E-state index contributed by atoms with van der Waals surface area (Å²) in [6, 6.07) is -0.516. The fourth-order valence-corrected chi connectivity index (χ4v) is 1.04. The van der Waals surface area contributed by atoms with Crippen molar-refractivity contribution < 1.29 is 4.79 Å². The van der Waals surface area contributed by atoms with Gasteiger partial charge in [-0.1, -0.05) is 6.58 Å². The molecule has 4 heteroatoms. The van der Waals surface area contributed by atoms with Crippen LogP contribution >= 0.6 is 0 Å². The van der Waals surface area contributed by atoms with E-state index in [2.05, 4.69) is 16.5 Å². The average molecular weight is 179 g/mol. The number of H-pyrrole nitrogens is 1. The van der Waals surface area contributed by atoms with Gasteiger partial charge in [0, 0.05) is 18.3 Å². The summed E-state index contributed by atoms with van der Waals surface area (Å²) < 4.78 is 0. The summed E-state index contributed by atoms with van der Waals surface area (Å²) in [5, 5.41) is 0. The van der Waals surface area contributed by atoms with Crippen LogP contribution in [0.2, 0.25) is 0 Å². The Bertz CT molecular complexity index is 303. The molecule has 0 saturated carbocycles. The standard InChI is InChI=1S/C9H13N3O/c1-6(2)9(13)8(10)3-7-4-11-5-12-7/h4-5,8H,1,3,10H2,2H3,(H,11,12). The van der Waals surface area contributed by atoms with E-state index in [9.17, 15) is 4.79 Å². The van der Waals surface area contributed by atoms with Crippen molar-refractivity contribution >= 4 is 5.78 Å². The molecular formula is C9H13N3O. The third kappa shape index (κ3) is 2.52. The molecule has 0 amide bonds. The van der Waals surface area contributed by atoms with Crippen LogP contribution in [0.1, 0.15) is 12.6 Å². The summed E-state index contributed by atoms with van der Waals surface area (Å²) in [5.41, 5.74) is 7.01. The highest BCUT2D eigenvalue weighted by Gasteiger charge is 2.14. The first kappa shape index (κ1) is 9.67. The number of carbonyl (C=O) groups excluding carboxylic acids is 1. The van der Waals surface area contributed by atoms with E-state index in [1.54, 1.807) is 19.4 Å². The van der Waals surface area contributed by atoms with Crippen molar-refractivity contribution in [1.82, 2.24) is 9.97 Å². The first-order valence-electron chi connectivity index (χ1n) is 4.04. The molecule has 1 aromatic rings. The van der Waals surface area contributed by atoms with Gasteiger partial charge in [0.2, 0.25) is 0 Å². The summed E-state index contributed by atoms with van der Waals surface area (Å²) in [4.78, 5) is 18.0. The van der Waals surface area contributed by atoms with Crippen molar-refractivity contribution in [1.29, 1.82) is 0 Å².